The van der Waals surface area contributed by atoms with E-state index in [1.807, 2.05) is 13.8 Å². The number of carbonyl (C=O) groups is 2. The van der Waals surface area contributed by atoms with E-state index >= 15 is 0 Å². The molecule has 1 unspecified atom stereocenters. The number of nitrogens with one attached hydrogen (secondary N) is 2. The molecule has 1 atom stereocenters. The minimum Gasteiger partial charge on any atom is -0.481 e. The minimum atomic E-state index is -0.841. The molecule has 0 bridgehead atoms. The number of hydrogen-bond acceptors (Lipinski definition) is 2. The number of carbonyl (C=O) groups excluding carboxylic acids is 1. The van der Waals surface area contributed by atoms with Gasteiger partial charge in [-0.2, -0.15) is 0 Å². The van der Waals surface area contributed by atoms with Crippen LogP contribution in [-0.2, 0) is 4.79 Å². The lowest BCUT2D eigenvalue weighted by Gasteiger charge is -2.27. The summed E-state index contributed by atoms with van der Waals surface area (Å²) in [6, 6.07) is 0.00478. The second kappa shape index (κ2) is 9.61. The van der Waals surface area contributed by atoms with Crippen LogP contribution in [0, 0.1) is 0 Å². The van der Waals surface area contributed by atoms with E-state index in [1.165, 1.54) is 0 Å². The Labute approximate surface area is 122 Å². The summed E-state index contributed by atoms with van der Waals surface area (Å²) in [4.78, 5) is 22.6. The molecule has 0 fully saturated rings. The molecular formula is C15H30N2O3. The Kier molecular flexibility index (Phi) is 9.01. The van der Waals surface area contributed by atoms with Gasteiger partial charge in [-0.05, 0) is 33.1 Å². The molecule has 0 aliphatic carbocycles. The number of unbranched alkanes of at least 4 members (excludes halogenated alkanes) is 1. The van der Waals surface area contributed by atoms with Crippen molar-refractivity contribution in [2.45, 2.75) is 84.2 Å². The summed E-state index contributed by atoms with van der Waals surface area (Å²) in [5.41, 5.74) is -0.510. The molecule has 0 saturated heterocycles. The van der Waals surface area contributed by atoms with E-state index < -0.39 is 11.5 Å². The van der Waals surface area contributed by atoms with Gasteiger partial charge in [0.15, 0.2) is 0 Å². The average Bonchev–Trinajstić information content (AvgIpc) is 2.33. The molecule has 0 saturated carbocycles. The SMILES string of the molecule is CCCCC(CCC)NC(=O)NC(C)(C)CCC(=O)O. The normalized spacial score (nSPS) is 12.8. The molecule has 3 N–H and O–H groups in total. The van der Waals surface area contributed by atoms with Crippen molar-refractivity contribution in [2.24, 2.45) is 0 Å². The van der Waals surface area contributed by atoms with Crippen LogP contribution >= 0.6 is 0 Å². The molecule has 0 aliphatic rings. The van der Waals surface area contributed by atoms with Gasteiger partial charge < -0.3 is 15.7 Å². The van der Waals surface area contributed by atoms with Crippen molar-refractivity contribution in [3.05, 3.63) is 0 Å². The van der Waals surface area contributed by atoms with Gasteiger partial charge in [-0.15, -0.1) is 0 Å². The molecule has 0 radical (unpaired) electrons. The average molecular weight is 286 g/mol. The summed E-state index contributed by atoms with van der Waals surface area (Å²) in [5.74, 6) is -0.841. The van der Waals surface area contributed by atoms with E-state index in [0.717, 1.165) is 32.1 Å². The molecule has 0 aromatic rings. The Morgan fingerprint density at radius 2 is 1.80 bits per heavy atom. The van der Waals surface area contributed by atoms with E-state index in [2.05, 4.69) is 24.5 Å². The highest BCUT2D eigenvalue weighted by molar-refractivity contribution is 5.75. The summed E-state index contributed by atoms with van der Waals surface area (Å²) >= 11 is 0. The van der Waals surface area contributed by atoms with Gasteiger partial charge in [0.1, 0.15) is 0 Å². The maximum absolute atomic E-state index is 12.0. The van der Waals surface area contributed by atoms with Gasteiger partial charge in [-0.1, -0.05) is 33.1 Å². The van der Waals surface area contributed by atoms with E-state index in [4.69, 9.17) is 5.11 Å². The van der Waals surface area contributed by atoms with Crippen LogP contribution in [0.1, 0.15) is 72.6 Å². The number of aliphatic carboxylic acids is 1. The number of carboxylic acid groups (broad SMARTS) is 1. The third-order valence-electron chi connectivity index (χ3n) is 3.29. The van der Waals surface area contributed by atoms with E-state index in [1.54, 1.807) is 0 Å². The highest BCUT2D eigenvalue weighted by Crippen LogP contribution is 2.12. The molecule has 5 nitrogen and oxygen atoms in total. The zero-order chi connectivity index (χ0) is 15.6. The van der Waals surface area contributed by atoms with E-state index in [-0.39, 0.29) is 18.5 Å². The fourth-order valence-electron chi connectivity index (χ4n) is 2.10. The van der Waals surface area contributed by atoms with Gasteiger partial charge in [-0.3, -0.25) is 4.79 Å². The molecule has 118 valence electrons. The molecule has 5 heteroatoms. The van der Waals surface area contributed by atoms with E-state index in [0.29, 0.717) is 6.42 Å². The van der Waals surface area contributed by atoms with Crippen molar-refractivity contribution >= 4 is 12.0 Å². The topological polar surface area (TPSA) is 78.4 Å². The van der Waals surface area contributed by atoms with E-state index in [9.17, 15) is 9.59 Å². The highest BCUT2D eigenvalue weighted by Gasteiger charge is 2.22. The van der Waals surface area contributed by atoms with Gasteiger partial charge in [0, 0.05) is 18.0 Å². The standard InChI is InChI=1S/C15H30N2O3/c1-5-7-9-12(8-6-2)16-14(20)17-15(3,4)11-10-13(18)19/h12H,5-11H2,1-4H3,(H,18,19)(H2,16,17,20). The van der Waals surface area contributed by atoms with Crippen LogP contribution in [0.2, 0.25) is 0 Å². The smallest absolute Gasteiger partial charge is 0.315 e. The van der Waals surface area contributed by atoms with Crippen molar-refractivity contribution < 1.29 is 14.7 Å². The van der Waals surface area contributed by atoms with Gasteiger partial charge in [0.25, 0.3) is 0 Å². The second-order valence-corrected chi connectivity index (χ2v) is 6.00. The van der Waals surface area contributed by atoms with Crippen LogP contribution in [-0.4, -0.2) is 28.7 Å². The lowest BCUT2D eigenvalue weighted by molar-refractivity contribution is -0.137. The Bertz CT molecular complexity index is 303. The molecule has 0 aliphatic heterocycles. The van der Waals surface area contributed by atoms with Crippen LogP contribution in [0.5, 0.6) is 0 Å². The fraction of sp³-hybridized carbons (Fsp3) is 0.867. The first-order valence-electron chi connectivity index (χ1n) is 7.61. The zero-order valence-corrected chi connectivity index (χ0v) is 13.3. The molecule has 0 spiro atoms. The number of amides is 2. The monoisotopic (exact) mass is 286 g/mol. The van der Waals surface area contributed by atoms with Crippen LogP contribution in [0.25, 0.3) is 0 Å². The van der Waals surface area contributed by atoms with Crippen LogP contribution in [0.3, 0.4) is 0 Å². The molecule has 0 aromatic heterocycles. The highest BCUT2D eigenvalue weighted by atomic mass is 16.4. The summed E-state index contributed by atoms with van der Waals surface area (Å²) in [5, 5.41) is 14.6. The third kappa shape index (κ3) is 9.64. The molecule has 0 rings (SSSR count). The summed E-state index contributed by atoms with van der Waals surface area (Å²) < 4.78 is 0. The van der Waals surface area contributed by atoms with Crippen LogP contribution < -0.4 is 10.6 Å². The van der Waals surface area contributed by atoms with Crippen molar-refractivity contribution in [1.29, 1.82) is 0 Å². The van der Waals surface area contributed by atoms with Crippen molar-refractivity contribution in [2.75, 3.05) is 0 Å². The molecule has 0 aromatic carbocycles. The first-order valence-corrected chi connectivity index (χ1v) is 7.61. The molecular weight excluding hydrogens is 256 g/mol. The van der Waals surface area contributed by atoms with Gasteiger partial charge in [-0.25, -0.2) is 4.79 Å². The molecule has 2 amide bonds. The largest absolute Gasteiger partial charge is 0.481 e. The predicted molar refractivity (Wildman–Crippen MR) is 80.8 cm³/mol. The third-order valence-corrected chi connectivity index (χ3v) is 3.29. The predicted octanol–water partition coefficient (Wildman–Crippen LogP) is 3.29. The number of hydrogen-bond donors (Lipinski definition) is 3. The number of rotatable bonds is 10. The van der Waals surface area contributed by atoms with Gasteiger partial charge in [0.05, 0.1) is 0 Å². The van der Waals surface area contributed by atoms with Gasteiger partial charge in [0.2, 0.25) is 0 Å². The molecule has 20 heavy (non-hydrogen) atoms. The summed E-state index contributed by atoms with van der Waals surface area (Å²) in [6.45, 7) is 7.93. The second-order valence-electron chi connectivity index (χ2n) is 6.00. The summed E-state index contributed by atoms with van der Waals surface area (Å²) in [7, 11) is 0. The quantitative estimate of drug-likeness (QED) is 0.576. The Morgan fingerprint density at radius 1 is 1.15 bits per heavy atom. The molecule has 0 heterocycles. The Balaban J connectivity index is 4.24. The van der Waals surface area contributed by atoms with Crippen molar-refractivity contribution in [3.8, 4) is 0 Å². The zero-order valence-electron chi connectivity index (χ0n) is 13.3. The van der Waals surface area contributed by atoms with Crippen molar-refractivity contribution in [3.63, 3.8) is 0 Å². The Hall–Kier alpha value is -1.26. The maximum Gasteiger partial charge on any atom is 0.315 e. The minimum absolute atomic E-state index is 0.0570. The Morgan fingerprint density at radius 3 is 2.30 bits per heavy atom. The van der Waals surface area contributed by atoms with Crippen molar-refractivity contribution in [1.82, 2.24) is 10.6 Å². The fourth-order valence-corrected chi connectivity index (χ4v) is 2.10. The van der Waals surface area contributed by atoms with Gasteiger partial charge >= 0.3 is 12.0 Å². The van der Waals surface area contributed by atoms with Crippen LogP contribution in [0.4, 0.5) is 4.79 Å². The lowest BCUT2D eigenvalue weighted by atomic mass is 9.98. The first-order chi connectivity index (χ1) is 9.30. The number of carboxylic acids is 1. The maximum atomic E-state index is 12.0. The van der Waals surface area contributed by atoms with Crippen LogP contribution in [0.15, 0.2) is 0 Å². The first kappa shape index (κ1) is 18.7. The summed E-state index contributed by atoms with van der Waals surface area (Å²) in [6.07, 6.45) is 5.71. The lowest BCUT2D eigenvalue weighted by Crippen LogP contribution is -2.51. The number of urea groups is 1.